The standard InChI is InChI=1S/C15H20N2O.ClH/c1-11-4-2-3-7-17(11)15(18)12-5-6-13-9-16-10-14(13)8-12;/h5-6,8,11,16H,2-4,7,9-10H2,1H3;1H. The molecule has 4 heteroatoms. The molecule has 0 bridgehead atoms. The van der Waals surface area contributed by atoms with Crippen molar-refractivity contribution in [3.63, 3.8) is 0 Å². The maximum absolute atomic E-state index is 12.5. The Balaban J connectivity index is 0.00000133. The lowest BCUT2D eigenvalue weighted by Crippen LogP contribution is -2.42. The highest BCUT2D eigenvalue weighted by Gasteiger charge is 2.24. The number of amides is 1. The number of hydrogen-bond acceptors (Lipinski definition) is 2. The lowest BCUT2D eigenvalue weighted by molar-refractivity contribution is 0.0635. The smallest absolute Gasteiger partial charge is 0.254 e. The molecule has 0 aromatic heterocycles. The molecule has 0 spiro atoms. The number of hydrogen-bond donors (Lipinski definition) is 1. The van der Waals surface area contributed by atoms with Gasteiger partial charge in [-0.05, 0) is 49.4 Å². The number of carbonyl (C=O) groups is 1. The maximum Gasteiger partial charge on any atom is 0.254 e. The third-order valence-electron chi connectivity index (χ3n) is 4.15. The van der Waals surface area contributed by atoms with Crippen LogP contribution in [0.15, 0.2) is 18.2 Å². The summed E-state index contributed by atoms with van der Waals surface area (Å²) in [4.78, 5) is 14.6. The van der Waals surface area contributed by atoms with Gasteiger partial charge in [0.25, 0.3) is 5.91 Å². The van der Waals surface area contributed by atoms with E-state index in [1.807, 2.05) is 11.0 Å². The fourth-order valence-corrected chi connectivity index (χ4v) is 2.99. The van der Waals surface area contributed by atoms with Crippen molar-refractivity contribution >= 4 is 18.3 Å². The molecular weight excluding hydrogens is 260 g/mol. The van der Waals surface area contributed by atoms with Gasteiger partial charge in [0.2, 0.25) is 0 Å². The van der Waals surface area contributed by atoms with E-state index in [0.717, 1.165) is 38.0 Å². The van der Waals surface area contributed by atoms with Gasteiger partial charge in [0, 0.05) is 31.2 Å². The van der Waals surface area contributed by atoms with Crippen molar-refractivity contribution in [2.24, 2.45) is 0 Å². The molecule has 1 N–H and O–H groups in total. The van der Waals surface area contributed by atoms with Gasteiger partial charge in [0.05, 0.1) is 0 Å². The third kappa shape index (κ3) is 2.77. The fourth-order valence-electron chi connectivity index (χ4n) is 2.99. The number of carbonyl (C=O) groups excluding carboxylic acids is 1. The third-order valence-corrected chi connectivity index (χ3v) is 4.15. The van der Waals surface area contributed by atoms with Gasteiger partial charge in [0.15, 0.2) is 0 Å². The Morgan fingerprint density at radius 2 is 2.05 bits per heavy atom. The monoisotopic (exact) mass is 280 g/mol. The van der Waals surface area contributed by atoms with Crippen molar-refractivity contribution in [2.75, 3.05) is 6.54 Å². The largest absolute Gasteiger partial charge is 0.336 e. The minimum atomic E-state index is 0. The molecule has 3 rings (SSSR count). The van der Waals surface area contributed by atoms with Crippen LogP contribution in [0, 0.1) is 0 Å². The summed E-state index contributed by atoms with van der Waals surface area (Å²) in [5.74, 6) is 0.205. The van der Waals surface area contributed by atoms with Gasteiger partial charge in [-0.2, -0.15) is 0 Å². The summed E-state index contributed by atoms with van der Waals surface area (Å²) < 4.78 is 0. The van der Waals surface area contributed by atoms with Crippen molar-refractivity contribution in [1.29, 1.82) is 0 Å². The first-order valence-corrected chi connectivity index (χ1v) is 6.89. The fraction of sp³-hybridized carbons (Fsp3) is 0.533. The van der Waals surface area contributed by atoms with Gasteiger partial charge in [-0.3, -0.25) is 4.79 Å². The topological polar surface area (TPSA) is 32.3 Å². The Kier molecular flexibility index (Phi) is 4.48. The molecule has 0 saturated carbocycles. The average Bonchev–Trinajstić information content (AvgIpc) is 2.85. The number of nitrogens with one attached hydrogen (secondary N) is 1. The molecule has 2 aliphatic rings. The Bertz CT molecular complexity index is 475. The summed E-state index contributed by atoms with van der Waals surface area (Å²) in [6, 6.07) is 6.53. The summed E-state index contributed by atoms with van der Waals surface area (Å²) in [5.41, 5.74) is 3.47. The van der Waals surface area contributed by atoms with Crippen LogP contribution in [0.4, 0.5) is 0 Å². The molecule has 0 aliphatic carbocycles. The number of benzene rings is 1. The zero-order valence-corrected chi connectivity index (χ0v) is 12.1. The van der Waals surface area contributed by atoms with Gasteiger partial charge in [-0.25, -0.2) is 0 Å². The van der Waals surface area contributed by atoms with Crippen molar-refractivity contribution in [3.05, 3.63) is 34.9 Å². The number of likely N-dealkylation sites (tertiary alicyclic amines) is 1. The molecule has 1 fully saturated rings. The van der Waals surface area contributed by atoms with Gasteiger partial charge in [0.1, 0.15) is 0 Å². The lowest BCUT2D eigenvalue weighted by Gasteiger charge is -2.33. The molecule has 1 aromatic rings. The Morgan fingerprint density at radius 1 is 1.26 bits per heavy atom. The average molecular weight is 281 g/mol. The number of nitrogens with zero attached hydrogens (tertiary/aromatic N) is 1. The number of rotatable bonds is 1. The van der Waals surface area contributed by atoms with Gasteiger partial charge in [-0.15, -0.1) is 12.4 Å². The van der Waals surface area contributed by atoms with E-state index in [1.165, 1.54) is 17.5 Å². The van der Waals surface area contributed by atoms with Gasteiger partial charge < -0.3 is 10.2 Å². The normalized spacial score (nSPS) is 21.7. The maximum atomic E-state index is 12.5. The Morgan fingerprint density at radius 3 is 2.84 bits per heavy atom. The summed E-state index contributed by atoms with van der Waals surface area (Å²) in [6.45, 7) is 4.90. The lowest BCUT2D eigenvalue weighted by atomic mass is 10.0. The zero-order valence-electron chi connectivity index (χ0n) is 11.3. The number of fused-ring (bicyclic) bond motifs is 1. The SMILES string of the molecule is CC1CCCCN1C(=O)c1ccc2c(c1)CNC2.Cl. The molecule has 104 valence electrons. The van der Waals surface area contributed by atoms with Crippen LogP contribution < -0.4 is 5.32 Å². The van der Waals surface area contributed by atoms with Crippen LogP contribution in [-0.2, 0) is 13.1 Å². The zero-order chi connectivity index (χ0) is 12.5. The van der Waals surface area contributed by atoms with E-state index in [-0.39, 0.29) is 18.3 Å². The highest BCUT2D eigenvalue weighted by molar-refractivity contribution is 5.94. The highest BCUT2D eigenvalue weighted by Crippen LogP contribution is 2.22. The number of halogens is 1. The van der Waals surface area contributed by atoms with Crippen LogP contribution in [-0.4, -0.2) is 23.4 Å². The second-order valence-electron chi connectivity index (χ2n) is 5.43. The first-order valence-electron chi connectivity index (χ1n) is 6.89. The quantitative estimate of drug-likeness (QED) is 0.858. The molecule has 0 radical (unpaired) electrons. The molecule has 2 heterocycles. The van der Waals surface area contributed by atoms with E-state index in [0.29, 0.717) is 6.04 Å². The molecule has 1 aromatic carbocycles. The van der Waals surface area contributed by atoms with Crippen LogP contribution in [0.2, 0.25) is 0 Å². The summed E-state index contributed by atoms with van der Waals surface area (Å²) in [5, 5.41) is 3.32. The Labute approximate surface area is 120 Å². The van der Waals surface area contributed by atoms with Crippen molar-refractivity contribution in [2.45, 2.75) is 45.3 Å². The van der Waals surface area contributed by atoms with E-state index in [4.69, 9.17) is 0 Å². The van der Waals surface area contributed by atoms with E-state index in [1.54, 1.807) is 0 Å². The molecular formula is C15H21ClN2O. The minimum absolute atomic E-state index is 0. The predicted molar refractivity (Wildman–Crippen MR) is 78.6 cm³/mol. The summed E-state index contributed by atoms with van der Waals surface area (Å²) in [6.07, 6.45) is 3.53. The molecule has 1 unspecified atom stereocenters. The predicted octanol–water partition coefficient (Wildman–Crippen LogP) is 2.73. The highest BCUT2D eigenvalue weighted by atomic mass is 35.5. The van der Waals surface area contributed by atoms with Gasteiger partial charge >= 0.3 is 0 Å². The van der Waals surface area contributed by atoms with Gasteiger partial charge in [-0.1, -0.05) is 6.07 Å². The molecule has 1 atom stereocenters. The van der Waals surface area contributed by atoms with E-state index < -0.39 is 0 Å². The first kappa shape index (κ1) is 14.4. The van der Waals surface area contributed by atoms with Crippen LogP contribution in [0.5, 0.6) is 0 Å². The van der Waals surface area contributed by atoms with E-state index in [9.17, 15) is 4.79 Å². The molecule has 1 amide bonds. The Hall–Kier alpha value is -1.06. The van der Waals surface area contributed by atoms with Crippen molar-refractivity contribution < 1.29 is 4.79 Å². The molecule has 3 nitrogen and oxygen atoms in total. The second-order valence-corrected chi connectivity index (χ2v) is 5.43. The van der Waals surface area contributed by atoms with E-state index in [2.05, 4.69) is 24.4 Å². The summed E-state index contributed by atoms with van der Waals surface area (Å²) in [7, 11) is 0. The van der Waals surface area contributed by atoms with E-state index >= 15 is 0 Å². The first-order chi connectivity index (χ1) is 8.75. The molecule has 1 saturated heterocycles. The van der Waals surface area contributed by atoms with Crippen LogP contribution in [0.1, 0.15) is 47.7 Å². The van der Waals surface area contributed by atoms with Crippen molar-refractivity contribution in [1.82, 2.24) is 10.2 Å². The summed E-state index contributed by atoms with van der Waals surface area (Å²) >= 11 is 0. The number of piperidine rings is 1. The van der Waals surface area contributed by atoms with Crippen LogP contribution >= 0.6 is 12.4 Å². The second kappa shape index (κ2) is 5.93. The molecule has 2 aliphatic heterocycles. The van der Waals surface area contributed by atoms with Crippen molar-refractivity contribution in [3.8, 4) is 0 Å². The molecule has 19 heavy (non-hydrogen) atoms. The van der Waals surface area contributed by atoms with Crippen LogP contribution in [0.25, 0.3) is 0 Å². The minimum Gasteiger partial charge on any atom is -0.336 e. The van der Waals surface area contributed by atoms with Crippen LogP contribution in [0.3, 0.4) is 0 Å².